The molecule has 0 bridgehead atoms. The van der Waals surface area contributed by atoms with E-state index in [0.717, 1.165) is 27.0 Å². The summed E-state index contributed by atoms with van der Waals surface area (Å²) in [4.78, 5) is 17.0. The van der Waals surface area contributed by atoms with Crippen LogP contribution in [-0.4, -0.2) is 37.7 Å². The van der Waals surface area contributed by atoms with Crippen LogP contribution in [0.5, 0.6) is 0 Å². The van der Waals surface area contributed by atoms with Gasteiger partial charge in [-0.2, -0.15) is 0 Å². The highest BCUT2D eigenvalue weighted by molar-refractivity contribution is 7.89. The van der Waals surface area contributed by atoms with Gasteiger partial charge in [-0.3, -0.25) is 4.79 Å². The first-order valence-electron chi connectivity index (χ1n) is 8.57. The molecule has 1 amide bonds. The zero-order valence-corrected chi connectivity index (χ0v) is 17.6. The molecule has 0 fully saturated rings. The van der Waals surface area contributed by atoms with Gasteiger partial charge in [0.25, 0.3) is 5.91 Å². The van der Waals surface area contributed by atoms with E-state index in [-0.39, 0.29) is 15.7 Å². The van der Waals surface area contributed by atoms with Crippen molar-refractivity contribution in [1.29, 1.82) is 0 Å². The van der Waals surface area contributed by atoms with Crippen molar-refractivity contribution in [1.82, 2.24) is 9.29 Å². The molecule has 2 heterocycles. The summed E-state index contributed by atoms with van der Waals surface area (Å²) in [5, 5.41) is 4.32. The molecule has 0 radical (unpaired) electrons. The van der Waals surface area contributed by atoms with Gasteiger partial charge in [0.1, 0.15) is 15.5 Å². The normalized spacial score (nSPS) is 11.9. The molecule has 0 aliphatic rings. The Kier molecular flexibility index (Phi) is 5.69. The summed E-state index contributed by atoms with van der Waals surface area (Å²) in [6.45, 7) is 4.05. The Labute approximate surface area is 168 Å². The second-order valence-corrected chi connectivity index (χ2v) is 9.69. The number of hydrogen-bond donors (Lipinski definition) is 1. The highest BCUT2D eigenvalue weighted by Crippen LogP contribution is 2.27. The lowest BCUT2D eigenvalue weighted by Gasteiger charge is -2.12. The van der Waals surface area contributed by atoms with E-state index in [4.69, 9.17) is 4.42 Å². The van der Waals surface area contributed by atoms with Crippen molar-refractivity contribution in [2.75, 3.05) is 19.4 Å². The predicted molar refractivity (Wildman–Crippen MR) is 109 cm³/mol. The minimum atomic E-state index is -3.69. The number of hydrogen-bond acceptors (Lipinski definition) is 6. The number of aromatic nitrogens is 1. The number of nitrogens with zero attached hydrogens (tertiary/aromatic N) is 2. The van der Waals surface area contributed by atoms with Crippen LogP contribution in [0.4, 0.5) is 5.69 Å². The molecule has 0 saturated carbocycles. The molecule has 2 aromatic heterocycles. The van der Waals surface area contributed by atoms with Crippen molar-refractivity contribution in [3.8, 4) is 11.5 Å². The number of nitrogens with one attached hydrogen (secondary N) is 1. The predicted octanol–water partition coefficient (Wildman–Crippen LogP) is 4.03. The van der Waals surface area contributed by atoms with E-state index in [0.29, 0.717) is 11.6 Å². The van der Waals surface area contributed by atoms with Crippen LogP contribution < -0.4 is 5.32 Å². The summed E-state index contributed by atoms with van der Waals surface area (Å²) in [5.41, 5.74) is 1.34. The van der Waals surface area contributed by atoms with E-state index in [9.17, 15) is 13.2 Å². The summed E-state index contributed by atoms with van der Waals surface area (Å²) < 4.78 is 31.5. The monoisotopic (exact) mass is 419 g/mol. The summed E-state index contributed by atoms with van der Waals surface area (Å²) in [6.07, 6.45) is 1.71. The number of rotatable bonds is 6. The van der Waals surface area contributed by atoms with Crippen molar-refractivity contribution >= 4 is 33.0 Å². The third-order valence-electron chi connectivity index (χ3n) is 4.08. The quantitative estimate of drug-likeness (QED) is 0.651. The first-order valence-corrected chi connectivity index (χ1v) is 10.9. The summed E-state index contributed by atoms with van der Waals surface area (Å²) in [7, 11) is -0.824. The molecule has 28 heavy (non-hydrogen) atoms. The average molecular weight is 420 g/mol. The van der Waals surface area contributed by atoms with Gasteiger partial charge in [-0.25, -0.2) is 17.7 Å². The first kappa shape index (κ1) is 20.2. The number of thiophene rings is 1. The van der Waals surface area contributed by atoms with Crippen LogP contribution in [0.1, 0.15) is 35.2 Å². The van der Waals surface area contributed by atoms with Crippen LogP contribution in [0.2, 0.25) is 0 Å². The van der Waals surface area contributed by atoms with Crippen LogP contribution in [0, 0.1) is 0 Å². The minimum Gasteiger partial charge on any atom is -0.441 e. The number of sulfonamides is 1. The number of carbonyl (C=O) groups is 1. The van der Waals surface area contributed by atoms with Gasteiger partial charge in [-0.05, 0) is 35.7 Å². The summed E-state index contributed by atoms with van der Waals surface area (Å²) in [6, 6.07) is 8.46. The van der Waals surface area contributed by atoms with Crippen LogP contribution >= 0.6 is 11.3 Å². The lowest BCUT2D eigenvalue weighted by Crippen LogP contribution is -2.24. The lowest BCUT2D eigenvalue weighted by atomic mass is 10.2. The zero-order chi connectivity index (χ0) is 20.5. The topological polar surface area (TPSA) is 92.5 Å². The van der Waals surface area contributed by atoms with Crippen LogP contribution in [0.15, 0.2) is 51.2 Å². The Balaban J connectivity index is 1.78. The highest BCUT2D eigenvalue weighted by Gasteiger charge is 2.26. The largest absolute Gasteiger partial charge is 0.441 e. The molecule has 0 atom stereocenters. The zero-order valence-electron chi connectivity index (χ0n) is 16.0. The Bertz CT molecular complexity index is 1080. The van der Waals surface area contributed by atoms with Crippen molar-refractivity contribution in [3.63, 3.8) is 0 Å². The standard InChI is InChI=1S/C19H21N3O4S2/c1-12(2)15-11-20-19(26-15)13-5-7-14(8-6-13)21-18(23)17-16(9-10-27-17)28(24,25)22(3)4/h5-12H,1-4H3,(H,21,23). The molecule has 0 aliphatic carbocycles. The number of anilines is 1. The van der Waals surface area contributed by atoms with Crippen LogP contribution in [-0.2, 0) is 10.0 Å². The van der Waals surface area contributed by atoms with Crippen LogP contribution in [0.25, 0.3) is 11.5 Å². The van der Waals surface area contributed by atoms with E-state index >= 15 is 0 Å². The van der Waals surface area contributed by atoms with Crippen molar-refractivity contribution in [2.45, 2.75) is 24.7 Å². The number of amides is 1. The van der Waals surface area contributed by atoms with E-state index in [1.54, 1.807) is 35.8 Å². The van der Waals surface area contributed by atoms with Crippen molar-refractivity contribution in [3.05, 3.63) is 52.5 Å². The summed E-state index contributed by atoms with van der Waals surface area (Å²) >= 11 is 1.08. The number of carbonyl (C=O) groups excluding carboxylic acids is 1. The fraction of sp³-hybridized carbons (Fsp3) is 0.263. The summed E-state index contributed by atoms with van der Waals surface area (Å²) in [5.74, 6) is 1.10. The minimum absolute atomic E-state index is 0.00220. The number of benzene rings is 1. The second kappa shape index (κ2) is 7.86. The fourth-order valence-corrected chi connectivity index (χ4v) is 4.62. The molecular formula is C19H21N3O4S2. The first-order chi connectivity index (χ1) is 13.2. The molecule has 1 N–H and O–H groups in total. The third-order valence-corrected chi connectivity index (χ3v) is 6.98. The van der Waals surface area contributed by atoms with Crippen molar-refractivity contribution in [2.24, 2.45) is 0 Å². The molecule has 9 heteroatoms. The molecule has 0 saturated heterocycles. The van der Waals surface area contributed by atoms with Gasteiger partial charge < -0.3 is 9.73 Å². The van der Waals surface area contributed by atoms with Gasteiger partial charge in [-0.15, -0.1) is 11.3 Å². The maximum Gasteiger partial charge on any atom is 0.267 e. The van der Waals surface area contributed by atoms with E-state index < -0.39 is 15.9 Å². The molecule has 0 unspecified atom stereocenters. The lowest BCUT2D eigenvalue weighted by molar-refractivity contribution is 0.102. The van der Waals surface area contributed by atoms with Crippen molar-refractivity contribution < 1.29 is 17.6 Å². The van der Waals surface area contributed by atoms with E-state index in [1.807, 2.05) is 13.8 Å². The number of oxazole rings is 1. The van der Waals surface area contributed by atoms with Crippen LogP contribution in [0.3, 0.4) is 0 Å². The van der Waals surface area contributed by atoms with E-state index in [2.05, 4.69) is 10.3 Å². The smallest absolute Gasteiger partial charge is 0.267 e. The Morgan fingerprint density at radius 1 is 1.18 bits per heavy atom. The molecule has 3 rings (SSSR count). The highest BCUT2D eigenvalue weighted by atomic mass is 32.2. The molecule has 3 aromatic rings. The molecule has 7 nitrogen and oxygen atoms in total. The average Bonchev–Trinajstić information content (AvgIpc) is 3.32. The second-order valence-electron chi connectivity index (χ2n) is 6.66. The SMILES string of the molecule is CC(C)c1cnc(-c2ccc(NC(=O)c3sccc3S(=O)(=O)N(C)C)cc2)o1. The molecule has 1 aromatic carbocycles. The van der Waals surface area contributed by atoms with Gasteiger partial charge >= 0.3 is 0 Å². The van der Waals surface area contributed by atoms with Gasteiger partial charge in [0.2, 0.25) is 15.9 Å². The Hall–Kier alpha value is -2.49. The maximum atomic E-state index is 12.6. The third kappa shape index (κ3) is 4.01. The van der Waals surface area contributed by atoms with Gasteiger partial charge in [0, 0.05) is 31.3 Å². The molecule has 0 spiro atoms. The van der Waals surface area contributed by atoms with Gasteiger partial charge in [0.05, 0.1) is 6.20 Å². The molecule has 0 aliphatic heterocycles. The van der Waals surface area contributed by atoms with E-state index in [1.165, 1.54) is 20.2 Å². The maximum absolute atomic E-state index is 12.6. The Morgan fingerprint density at radius 3 is 2.43 bits per heavy atom. The Morgan fingerprint density at radius 2 is 1.86 bits per heavy atom. The molecular weight excluding hydrogens is 398 g/mol. The fourth-order valence-electron chi connectivity index (χ4n) is 2.43. The van der Waals surface area contributed by atoms with Gasteiger partial charge in [0.15, 0.2) is 0 Å². The molecule has 148 valence electrons. The van der Waals surface area contributed by atoms with Gasteiger partial charge in [-0.1, -0.05) is 13.8 Å².